The number of pyridine rings is 1. The number of aromatic amines is 1. The van der Waals surface area contributed by atoms with Crippen LogP contribution in [0.5, 0.6) is 5.75 Å². The number of nitrogens with zero attached hydrogens (tertiary/aromatic N) is 5. The maximum Gasteiger partial charge on any atom is 0.252 e. The number of rotatable bonds is 9. The summed E-state index contributed by atoms with van der Waals surface area (Å²) in [6.07, 6.45) is 5.42. The first-order chi connectivity index (χ1) is 18.0. The highest BCUT2D eigenvalue weighted by Crippen LogP contribution is 2.34. The number of benzene rings is 2. The molecular weight excluding hydrogens is 464 g/mol. The van der Waals surface area contributed by atoms with Gasteiger partial charge in [-0.3, -0.25) is 9.69 Å². The van der Waals surface area contributed by atoms with Crippen LogP contribution in [0, 0.1) is 13.8 Å². The van der Waals surface area contributed by atoms with Gasteiger partial charge in [0, 0.05) is 29.6 Å². The Morgan fingerprint density at radius 3 is 2.57 bits per heavy atom. The number of aromatic nitrogens is 5. The van der Waals surface area contributed by atoms with Crippen LogP contribution in [-0.4, -0.2) is 37.2 Å². The molecule has 1 fully saturated rings. The Labute approximate surface area is 217 Å². The predicted molar refractivity (Wildman–Crippen MR) is 145 cm³/mol. The molecule has 1 unspecified atom stereocenters. The van der Waals surface area contributed by atoms with E-state index in [9.17, 15) is 4.79 Å². The van der Waals surface area contributed by atoms with Crippen LogP contribution in [0.15, 0.2) is 47.3 Å². The number of hydrogen-bond acceptors (Lipinski definition) is 6. The summed E-state index contributed by atoms with van der Waals surface area (Å²) in [5, 5.41) is 14.1. The smallest absolute Gasteiger partial charge is 0.252 e. The average molecular weight is 501 g/mol. The van der Waals surface area contributed by atoms with Crippen LogP contribution >= 0.6 is 0 Å². The molecule has 0 saturated heterocycles. The highest BCUT2D eigenvalue weighted by Gasteiger charge is 2.30. The van der Waals surface area contributed by atoms with Crippen molar-refractivity contribution < 1.29 is 4.74 Å². The van der Waals surface area contributed by atoms with Crippen molar-refractivity contribution in [2.75, 3.05) is 7.11 Å². The van der Waals surface area contributed by atoms with E-state index >= 15 is 0 Å². The summed E-state index contributed by atoms with van der Waals surface area (Å²) in [6.45, 7) is 7.34. The van der Waals surface area contributed by atoms with Crippen LogP contribution in [0.4, 0.5) is 0 Å². The van der Waals surface area contributed by atoms with Crippen molar-refractivity contribution >= 4 is 10.9 Å². The van der Waals surface area contributed by atoms with Gasteiger partial charge in [-0.1, -0.05) is 50.1 Å². The largest absolute Gasteiger partial charge is 0.496 e. The van der Waals surface area contributed by atoms with E-state index in [0.717, 1.165) is 64.0 Å². The molecule has 37 heavy (non-hydrogen) atoms. The van der Waals surface area contributed by atoms with E-state index in [-0.39, 0.29) is 11.6 Å². The second kappa shape index (κ2) is 10.8. The second-order valence-corrected chi connectivity index (χ2v) is 10.2. The van der Waals surface area contributed by atoms with Gasteiger partial charge in [0.25, 0.3) is 5.56 Å². The first-order valence-electron chi connectivity index (χ1n) is 13.3. The molecule has 8 heteroatoms. The van der Waals surface area contributed by atoms with E-state index in [0.29, 0.717) is 19.1 Å². The van der Waals surface area contributed by atoms with E-state index in [1.807, 2.05) is 29.8 Å². The SMILES string of the molecule is CCC(c1nnnn1C1CCCC1)N(Cc1ccccc1OC)Cc1cc2c(C)ccc(C)c2[nH]c1=O. The van der Waals surface area contributed by atoms with Crippen molar-refractivity contribution in [3.8, 4) is 5.75 Å². The fraction of sp³-hybridized carbons (Fsp3) is 0.448. The first-order valence-corrected chi connectivity index (χ1v) is 13.3. The van der Waals surface area contributed by atoms with E-state index in [1.54, 1.807) is 7.11 Å². The highest BCUT2D eigenvalue weighted by atomic mass is 16.5. The van der Waals surface area contributed by atoms with E-state index in [4.69, 9.17) is 4.74 Å². The lowest BCUT2D eigenvalue weighted by Crippen LogP contribution is -2.33. The molecule has 2 heterocycles. The number of methoxy groups -OCH3 is 1. The van der Waals surface area contributed by atoms with Crippen molar-refractivity contribution in [3.63, 3.8) is 0 Å². The molecule has 0 spiro atoms. The summed E-state index contributed by atoms with van der Waals surface area (Å²) >= 11 is 0. The average Bonchev–Trinajstić information content (AvgIpc) is 3.60. The van der Waals surface area contributed by atoms with Crippen LogP contribution in [0.25, 0.3) is 10.9 Å². The molecule has 0 bridgehead atoms. The molecule has 194 valence electrons. The normalized spacial score (nSPS) is 15.1. The van der Waals surface area contributed by atoms with Crippen molar-refractivity contribution in [2.45, 2.75) is 78.0 Å². The van der Waals surface area contributed by atoms with Gasteiger partial charge in [-0.15, -0.1) is 5.10 Å². The van der Waals surface area contributed by atoms with E-state index in [2.05, 4.69) is 63.5 Å². The third-order valence-electron chi connectivity index (χ3n) is 7.77. The molecule has 0 aliphatic heterocycles. The van der Waals surface area contributed by atoms with Gasteiger partial charge in [-0.25, -0.2) is 4.68 Å². The van der Waals surface area contributed by atoms with Gasteiger partial charge in [0.1, 0.15) is 5.75 Å². The van der Waals surface area contributed by atoms with Gasteiger partial charge in [0.05, 0.1) is 24.7 Å². The van der Waals surface area contributed by atoms with Gasteiger partial charge in [-0.05, 0) is 66.8 Å². The molecule has 1 saturated carbocycles. The number of aryl methyl sites for hydroxylation is 2. The Bertz CT molecular complexity index is 1440. The lowest BCUT2D eigenvalue weighted by molar-refractivity contribution is 0.156. The molecule has 2 aromatic carbocycles. The highest BCUT2D eigenvalue weighted by molar-refractivity contribution is 5.85. The summed E-state index contributed by atoms with van der Waals surface area (Å²) in [5.41, 5.74) is 4.85. The monoisotopic (exact) mass is 500 g/mol. The third-order valence-corrected chi connectivity index (χ3v) is 7.77. The van der Waals surface area contributed by atoms with Gasteiger partial charge in [0.15, 0.2) is 5.82 Å². The predicted octanol–water partition coefficient (Wildman–Crippen LogP) is 5.41. The van der Waals surface area contributed by atoms with Gasteiger partial charge in [-0.2, -0.15) is 0 Å². The number of ether oxygens (including phenoxy) is 1. The number of hydrogen-bond donors (Lipinski definition) is 1. The summed E-state index contributed by atoms with van der Waals surface area (Å²) in [5.74, 6) is 1.70. The minimum Gasteiger partial charge on any atom is -0.496 e. The molecule has 4 aromatic rings. The van der Waals surface area contributed by atoms with Crippen LogP contribution in [0.1, 0.15) is 79.2 Å². The fourth-order valence-corrected chi connectivity index (χ4v) is 5.72. The van der Waals surface area contributed by atoms with Gasteiger partial charge < -0.3 is 9.72 Å². The Morgan fingerprint density at radius 2 is 1.81 bits per heavy atom. The molecular formula is C29H36N6O2. The van der Waals surface area contributed by atoms with Crippen molar-refractivity contribution in [2.24, 2.45) is 0 Å². The fourth-order valence-electron chi connectivity index (χ4n) is 5.72. The van der Waals surface area contributed by atoms with E-state index in [1.165, 1.54) is 12.8 Å². The molecule has 0 radical (unpaired) electrons. The maximum atomic E-state index is 13.3. The summed E-state index contributed by atoms with van der Waals surface area (Å²) in [4.78, 5) is 18.8. The lowest BCUT2D eigenvalue weighted by atomic mass is 10.0. The molecule has 1 aliphatic rings. The zero-order chi connectivity index (χ0) is 25.9. The zero-order valence-electron chi connectivity index (χ0n) is 22.2. The number of para-hydroxylation sites is 1. The van der Waals surface area contributed by atoms with Crippen LogP contribution in [-0.2, 0) is 13.1 Å². The molecule has 1 N–H and O–H groups in total. The summed E-state index contributed by atoms with van der Waals surface area (Å²) in [6, 6.07) is 14.5. The number of H-pyrrole nitrogens is 1. The first kappa shape index (κ1) is 25.1. The molecule has 1 aliphatic carbocycles. The van der Waals surface area contributed by atoms with Gasteiger partial charge >= 0.3 is 0 Å². The minimum absolute atomic E-state index is 0.0588. The number of fused-ring (bicyclic) bond motifs is 1. The minimum atomic E-state index is -0.0609. The third kappa shape index (κ3) is 5.03. The van der Waals surface area contributed by atoms with Crippen LogP contribution in [0.2, 0.25) is 0 Å². The zero-order valence-corrected chi connectivity index (χ0v) is 22.2. The Kier molecular flexibility index (Phi) is 7.37. The Balaban J connectivity index is 1.58. The number of nitrogens with one attached hydrogen (secondary N) is 1. The van der Waals surface area contributed by atoms with Crippen molar-refractivity contribution in [3.05, 3.63) is 80.9 Å². The van der Waals surface area contributed by atoms with Crippen molar-refractivity contribution in [1.82, 2.24) is 30.1 Å². The lowest BCUT2D eigenvalue weighted by Gasteiger charge is -2.31. The maximum absolute atomic E-state index is 13.3. The van der Waals surface area contributed by atoms with Crippen molar-refractivity contribution in [1.29, 1.82) is 0 Å². The topological polar surface area (TPSA) is 88.9 Å². The molecule has 8 nitrogen and oxygen atoms in total. The van der Waals surface area contributed by atoms with Crippen LogP contribution < -0.4 is 10.3 Å². The second-order valence-electron chi connectivity index (χ2n) is 10.2. The Hall–Kier alpha value is -3.52. The molecule has 0 amide bonds. The molecule has 1 atom stereocenters. The molecule has 2 aromatic heterocycles. The van der Waals surface area contributed by atoms with Crippen LogP contribution in [0.3, 0.4) is 0 Å². The number of tetrazole rings is 1. The standard InChI is InChI=1S/C29H36N6O2/c1-5-25(28-31-32-33-35(28)23-11-7-8-12-23)34(17-21-10-6-9-13-26(21)37-4)18-22-16-24-19(2)14-15-20(3)27(24)30-29(22)36/h6,9-10,13-16,23,25H,5,7-8,11-12,17-18H2,1-4H3,(H,30,36). The van der Waals surface area contributed by atoms with Gasteiger partial charge in [0.2, 0.25) is 0 Å². The summed E-state index contributed by atoms with van der Waals surface area (Å²) in [7, 11) is 1.69. The Morgan fingerprint density at radius 1 is 1.08 bits per heavy atom. The molecule has 5 rings (SSSR count). The summed E-state index contributed by atoms with van der Waals surface area (Å²) < 4.78 is 7.71. The van der Waals surface area contributed by atoms with E-state index < -0.39 is 0 Å². The quantitative estimate of drug-likeness (QED) is 0.331.